The average Bonchev–Trinajstić information content (AvgIpc) is 2.43. The first-order valence-corrected chi connectivity index (χ1v) is 4.14. The monoisotopic (exact) mass is 182 g/mol. The van der Waals surface area contributed by atoms with E-state index in [1.165, 1.54) is 0 Å². The summed E-state index contributed by atoms with van der Waals surface area (Å²) in [6.45, 7) is 2.82. The lowest BCUT2D eigenvalue weighted by Crippen LogP contribution is -2.29. The molecule has 0 aliphatic heterocycles. The number of nitrogens with one attached hydrogen (secondary N) is 1. The second-order valence-corrected chi connectivity index (χ2v) is 2.84. The second-order valence-electron chi connectivity index (χ2n) is 2.84. The predicted molar refractivity (Wildman–Crippen MR) is 49.3 cm³/mol. The van der Waals surface area contributed by atoms with E-state index in [0.29, 0.717) is 18.8 Å². The molecule has 72 valence electrons. The van der Waals surface area contributed by atoms with E-state index in [0.717, 1.165) is 5.69 Å². The number of aromatic nitrogens is 2. The highest BCUT2D eigenvalue weighted by Crippen LogP contribution is 2.00. The largest absolute Gasteiger partial charge is 0.349 e. The van der Waals surface area contributed by atoms with E-state index in [1.54, 1.807) is 17.8 Å². The summed E-state index contributed by atoms with van der Waals surface area (Å²) in [6.07, 6.45) is 0. The van der Waals surface area contributed by atoms with Gasteiger partial charge in [0.1, 0.15) is 5.69 Å². The van der Waals surface area contributed by atoms with E-state index in [1.807, 2.05) is 6.92 Å². The van der Waals surface area contributed by atoms with Crippen molar-refractivity contribution in [2.24, 2.45) is 12.8 Å². The fraction of sp³-hybridized carbons (Fsp3) is 0.500. The van der Waals surface area contributed by atoms with Crippen LogP contribution in [0.1, 0.15) is 16.2 Å². The minimum atomic E-state index is -0.172. The molecule has 0 saturated carbocycles. The van der Waals surface area contributed by atoms with E-state index in [2.05, 4.69) is 10.4 Å². The van der Waals surface area contributed by atoms with E-state index < -0.39 is 0 Å². The van der Waals surface area contributed by atoms with Crippen LogP contribution >= 0.6 is 0 Å². The molecule has 0 radical (unpaired) electrons. The van der Waals surface area contributed by atoms with Gasteiger partial charge in [-0.1, -0.05) is 0 Å². The summed E-state index contributed by atoms with van der Waals surface area (Å²) in [7, 11) is 1.80. The van der Waals surface area contributed by atoms with Crippen LogP contribution in [0.5, 0.6) is 0 Å². The van der Waals surface area contributed by atoms with Crippen molar-refractivity contribution in [2.75, 3.05) is 13.1 Å². The summed E-state index contributed by atoms with van der Waals surface area (Å²) in [5.74, 6) is -0.172. The Bertz CT molecular complexity index is 286. The molecule has 0 saturated heterocycles. The van der Waals surface area contributed by atoms with Crippen molar-refractivity contribution < 1.29 is 4.79 Å². The van der Waals surface area contributed by atoms with Crippen molar-refractivity contribution >= 4 is 5.91 Å². The quantitative estimate of drug-likeness (QED) is 0.656. The van der Waals surface area contributed by atoms with Gasteiger partial charge in [0.2, 0.25) is 0 Å². The van der Waals surface area contributed by atoms with Crippen LogP contribution in [0.3, 0.4) is 0 Å². The number of nitrogens with zero attached hydrogens (tertiary/aromatic N) is 2. The highest BCUT2D eigenvalue weighted by Gasteiger charge is 2.09. The summed E-state index contributed by atoms with van der Waals surface area (Å²) >= 11 is 0. The molecule has 5 heteroatoms. The van der Waals surface area contributed by atoms with Crippen LogP contribution in [0.4, 0.5) is 0 Å². The number of carbonyl (C=O) groups is 1. The number of carbonyl (C=O) groups excluding carboxylic acids is 1. The molecule has 0 aromatic carbocycles. The van der Waals surface area contributed by atoms with Crippen molar-refractivity contribution in [3.8, 4) is 0 Å². The van der Waals surface area contributed by atoms with Gasteiger partial charge in [0.05, 0.1) is 0 Å². The first kappa shape index (κ1) is 9.73. The van der Waals surface area contributed by atoms with Gasteiger partial charge < -0.3 is 11.1 Å². The number of amides is 1. The van der Waals surface area contributed by atoms with Gasteiger partial charge >= 0.3 is 0 Å². The zero-order valence-corrected chi connectivity index (χ0v) is 7.87. The van der Waals surface area contributed by atoms with Gasteiger partial charge in [0, 0.05) is 25.8 Å². The Labute approximate surface area is 76.9 Å². The van der Waals surface area contributed by atoms with Gasteiger partial charge in [-0.2, -0.15) is 5.10 Å². The van der Waals surface area contributed by atoms with E-state index >= 15 is 0 Å². The number of hydrogen-bond acceptors (Lipinski definition) is 3. The molecular formula is C8H14N4O. The molecule has 0 fully saturated rings. The highest BCUT2D eigenvalue weighted by atomic mass is 16.1. The maximum absolute atomic E-state index is 11.3. The SMILES string of the molecule is Cc1cc(C(=O)NCCN)nn1C. The molecule has 0 unspecified atom stereocenters. The standard InChI is InChI=1S/C8H14N4O/c1-6-5-7(11-12(6)2)8(13)10-4-3-9/h5H,3-4,9H2,1-2H3,(H,10,13). The molecule has 1 aromatic rings. The summed E-state index contributed by atoms with van der Waals surface area (Å²) < 4.78 is 1.66. The lowest BCUT2D eigenvalue weighted by molar-refractivity contribution is 0.0949. The molecule has 1 aromatic heterocycles. The van der Waals surface area contributed by atoms with Crippen molar-refractivity contribution in [1.82, 2.24) is 15.1 Å². The topological polar surface area (TPSA) is 72.9 Å². The third-order valence-corrected chi connectivity index (χ3v) is 1.78. The van der Waals surface area contributed by atoms with Crippen LogP contribution in [-0.4, -0.2) is 28.8 Å². The van der Waals surface area contributed by atoms with Crippen molar-refractivity contribution in [1.29, 1.82) is 0 Å². The molecule has 1 rings (SSSR count). The van der Waals surface area contributed by atoms with E-state index in [4.69, 9.17) is 5.73 Å². The normalized spacial score (nSPS) is 10.1. The van der Waals surface area contributed by atoms with Crippen molar-refractivity contribution in [3.63, 3.8) is 0 Å². The molecule has 3 N–H and O–H groups in total. The molecule has 0 aliphatic rings. The van der Waals surface area contributed by atoms with Crippen LogP contribution < -0.4 is 11.1 Å². The summed E-state index contributed by atoms with van der Waals surface area (Å²) in [4.78, 5) is 11.3. The van der Waals surface area contributed by atoms with Crippen molar-refractivity contribution in [2.45, 2.75) is 6.92 Å². The first-order chi connectivity index (χ1) is 6.15. The smallest absolute Gasteiger partial charge is 0.271 e. The third kappa shape index (κ3) is 2.29. The van der Waals surface area contributed by atoms with Gasteiger partial charge in [0.25, 0.3) is 5.91 Å². The molecular weight excluding hydrogens is 168 g/mol. The van der Waals surface area contributed by atoms with Gasteiger partial charge in [-0.15, -0.1) is 0 Å². The molecule has 0 bridgehead atoms. The minimum Gasteiger partial charge on any atom is -0.349 e. The lowest BCUT2D eigenvalue weighted by Gasteiger charge is -1.98. The van der Waals surface area contributed by atoms with E-state index in [-0.39, 0.29) is 5.91 Å². The summed E-state index contributed by atoms with van der Waals surface area (Å²) in [5.41, 5.74) is 6.64. The van der Waals surface area contributed by atoms with Crippen LogP contribution in [0.15, 0.2) is 6.07 Å². The molecule has 0 atom stereocenters. The maximum atomic E-state index is 11.3. The Morgan fingerprint density at radius 1 is 1.77 bits per heavy atom. The highest BCUT2D eigenvalue weighted by molar-refractivity contribution is 5.92. The van der Waals surface area contributed by atoms with Crippen molar-refractivity contribution in [3.05, 3.63) is 17.5 Å². The number of nitrogens with two attached hydrogens (primary N) is 1. The molecule has 1 heterocycles. The van der Waals surface area contributed by atoms with Crippen LogP contribution in [-0.2, 0) is 7.05 Å². The predicted octanol–water partition coefficient (Wildman–Crippen LogP) is -0.583. The zero-order chi connectivity index (χ0) is 9.84. The number of aryl methyl sites for hydroxylation is 2. The Balaban J connectivity index is 2.66. The Kier molecular flexibility index (Phi) is 3.02. The zero-order valence-electron chi connectivity index (χ0n) is 7.87. The van der Waals surface area contributed by atoms with Gasteiger partial charge in [-0.3, -0.25) is 9.48 Å². The van der Waals surface area contributed by atoms with Gasteiger partial charge in [0.15, 0.2) is 0 Å². The lowest BCUT2D eigenvalue weighted by atomic mass is 10.3. The summed E-state index contributed by atoms with van der Waals surface area (Å²) in [5, 5.41) is 6.68. The average molecular weight is 182 g/mol. The Morgan fingerprint density at radius 3 is 2.92 bits per heavy atom. The Hall–Kier alpha value is -1.36. The first-order valence-electron chi connectivity index (χ1n) is 4.14. The maximum Gasteiger partial charge on any atom is 0.271 e. The fourth-order valence-corrected chi connectivity index (χ4v) is 0.948. The molecule has 1 amide bonds. The van der Waals surface area contributed by atoms with Crippen LogP contribution in [0.2, 0.25) is 0 Å². The fourth-order valence-electron chi connectivity index (χ4n) is 0.948. The van der Waals surface area contributed by atoms with Crippen LogP contribution in [0, 0.1) is 6.92 Å². The molecule has 5 nitrogen and oxygen atoms in total. The second kappa shape index (κ2) is 4.04. The Morgan fingerprint density at radius 2 is 2.46 bits per heavy atom. The molecule has 0 aliphatic carbocycles. The minimum absolute atomic E-state index is 0.172. The summed E-state index contributed by atoms with van der Waals surface area (Å²) in [6, 6.07) is 1.74. The number of rotatable bonds is 3. The van der Waals surface area contributed by atoms with Crippen LogP contribution in [0.25, 0.3) is 0 Å². The molecule has 13 heavy (non-hydrogen) atoms. The van der Waals surface area contributed by atoms with Gasteiger partial charge in [-0.05, 0) is 13.0 Å². The van der Waals surface area contributed by atoms with E-state index in [9.17, 15) is 4.79 Å². The van der Waals surface area contributed by atoms with Gasteiger partial charge in [-0.25, -0.2) is 0 Å². The third-order valence-electron chi connectivity index (χ3n) is 1.78. The molecule has 0 spiro atoms. The number of hydrogen-bond donors (Lipinski definition) is 2.